The van der Waals surface area contributed by atoms with Crippen LogP contribution in [0.4, 0.5) is 5.95 Å². The second-order valence-corrected chi connectivity index (χ2v) is 6.62. The second-order valence-electron chi connectivity index (χ2n) is 6.62. The molecule has 0 radical (unpaired) electrons. The molecule has 1 amide bonds. The summed E-state index contributed by atoms with van der Waals surface area (Å²) in [7, 11) is 0. The first-order valence-electron chi connectivity index (χ1n) is 9.21. The van der Waals surface area contributed by atoms with Crippen LogP contribution < -0.4 is 10.1 Å². The lowest BCUT2D eigenvalue weighted by Gasteiger charge is -2.05. The van der Waals surface area contributed by atoms with Crippen LogP contribution in [0.5, 0.6) is 5.75 Å². The number of carbonyl (C=O) groups is 1. The lowest BCUT2D eigenvalue weighted by atomic mass is 10.1. The molecule has 0 spiro atoms. The number of fused-ring (bicyclic) bond motifs is 2. The number of benzene rings is 3. The number of ether oxygens (including phenoxy) is 1. The Labute approximate surface area is 166 Å². The number of hydrogen-bond donors (Lipinski definition) is 2. The van der Waals surface area contributed by atoms with Gasteiger partial charge in [0.05, 0.1) is 11.0 Å². The molecule has 0 aliphatic heterocycles. The van der Waals surface area contributed by atoms with Gasteiger partial charge in [-0.1, -0.05) is 42.5 Å². The zero-order chi connectivity index (χ0) is 19.6. The van der Waals surface area contributed by atoms with Crippen LogP contribution >= 0.6 is 0 Å². The van der Waals surface area contributed by atoms with Crippen molar-refractivity contribution in [3.05, 3.63) is 90.4 Å². The lowest BCUT2D eigenvalue weighted by Crippen LogP contribution is -2.12. The van der Waals surface area contributed by atoms with E-state index in [-0.39, 0.29) is 18.3 Å². The SMILES string of the molecule is O=C(Nc1nc2ccccc2[nH]1)c1ccc(COc2ccc3ccccc3c2)o1. The van der Waals surface area contributed by atoms with Crippen molar-refractivity contribution in [2.24, 2.45) is 0 Å². The van der Waals surface area contributed by atoms with Gasteiger partial charge in [0.2, 0.25) is 5.95 Å². The number of nitrogens with one attached hydrogen (secondary N) is 2. The van der Waals surface area contributed by atoms with Crippen LogP contribution in [0.1, 0.15) is 16.3 Å². The van der Waals surface area contributed by atoms with E-state index in [0.717, 1.165) is 27.6 Å². The van der Waals surface area contributed by atoms with E-state index in [0.29, 0.717) is 11.7 Å². The Morgan fingerprint density at radius 3 is 2.69 bits per heavy atom. The zero-order valence-corrected chi connectivity index (χ0v) is 15.4. The van der Waals surface area contributed by atoms with Crippen molar-refractivity contribution in [3.63, 3.8) is 0 Å². The van der Waals surface area contributed by atoms with E-state index < -0.39 is 0 Å². The summed E-state index contributed by atoms with van der Waals surface area (Å²) in [5.74, 6) is 1.51. The molecule has 0 atom stereocenters. The van der Waals surface area contributed by atoms with Gasteiger partial charge in [-0.15, -0.1) is 0 Å². The molecule has 5 rings (SSSR count). The van der Waals surface area contributed by atoms with Crippen LogP contribution in [-0.4, -0.2) is 15.9 Å². The van der Waals surface area contributed by atoms with Gasteiger partial charge in [0.15, 0.2) is 5.76 Å². The first-order chi connectivity index (χ1) is 14.2. The first kappa shape index (κ1) is 17.1. The van der Waals surface area contributed by atoms with Gasteiger partial charge in [0.25, 0.3) is 5.91 Å². The predicted octanol–water partition coefficient (Wildman–Crippen LogP) is 5.14. The van der Waals surface area contributed by atoms with Crippen LogP contribution in [-0.2, 0) is 6.61 Å². The monoisotopic (exact) mass is 383 g/mol. The molecule has 6 nitrogen and oxygen atoms in total. The number of anilines is 1. The van der Waals surface area contributed by atoms with Gasteiger partial charge >= 0.3 is 0 Å². The minimum Gasteiger partial charge on any atom is -0.486 e. The van der Waals surface area contributed by atoms with Crippen LogP contribution in [0.3, 0.4) is 0 Å². The number of rotatable bonds is 5. The number of imidazole rings is 1. The molecule has 0 fully saturated rings. The Hall–Kier alpha value is -4.06. The number of furan rings is 1. The number of nitrogens with zero attached hydrogens (tertiary/aromatic N) is 1. The van der Waals surface area contributed by atoms with E-state index in [4.69, 9.17) is 9.15 Å². The molecule has 0 aliphatic carbocycles. The van der Waals surface area contributed by atoms with Crippen LogP contribution in [0, 0.1) is 0 Å². The van der Waals surface area contributed by atoms with Crippen LogP contribution in [0.25, 0.3) is 21.8 Å². The van der Waals surface area contributed by atoms with E-state index in [1.165, 1.54) is 0 Å². The summed E-state index contributed by atoms with van der Waals surface area (Å²) in [6.45, 7) is 0.232. The minimum atomic E-state index is -0.374. The number of para-hydroxylation sites is 2. The second kappa shape index (κ2) is 7.16. The van der Waals surface area contributed by atoms with Gasteiger partial charge in [-0.2, -0.15) is 0 Å². The summed E-state index contributed by atoms with van der Waals surface area (Å²) in [5.41, 5.74) is 1.64. The molecular weight excluding hydrogens is 366 g/mol. The maximum Gasteiger partial charge on any atom is 0.293 e. The van der Waals surface area contributed by atoms with Crippen molar-refractivity contribution in [1.29, 1.82) is 0 Å². The summed E-state index contributed by atoms with van der Waals surface area (Å²) in [4.78, 5) is 19.8. The summed E-state index contributed by atoms with van der Waals surface area (Å²) in [6, 6.07) is 24.9. The Bertz CT molecular complexity index is 1290. The Balaban J connectivity index is 1.25. The first-order valence-corrected chi connectivity index (χ1v) is 9.21. The van der Waals surface area contributed by atoms with Crippen molar-refractivity contribution in [2.45, 2.75) is 6.61 Å². The van der Waals surface area contributed by atoms with Crippen LogP contribution in [0.15, 0.2) is 83.3 Å². The Morgan fingerprint density at radius 2 is 1.79 bits per heavy atom. The van der Waals surface area contributed by atoms with Gasteiger partial charge in [0, 0.05) is 0 Å². The summed E-state index contributed by atoms with van der Waals surface area (Å²) >= 11 is 0. The third kappa shape index (κ3) is 3.55. The highest BCUT2D eigenvalue weighted by molar-refractivity contribution is 6.02. The van der Waals surface area contributed by atoms with Gasteiger partial charge in [-0.3, -0.25) is 10.1 Å². The molecule has 142 valence electrons. The highest BCUT2D eigenvalue weighted by Crippen LogP contribution is 2.22. The average molecular weight is 383 g/mol. The van der Waals surface area contributed by atoms with Crippen LogP contribution in [0.2, 0.25) is 0 Å². The number of aromatic nitrogens is 2. The van der Waals surface area contributed by atoms with Gasteiger partial charge in [-0.05, 0) is 47.2 Å². The molecule has 2 heterocycles. The highest BCUT2D eigenvalue weighted by atomic mass is 16.5. The third-order valence-corrected chi connectivity index (χ3v) is 4.61. The lowest BCUT2D eigenvalue weighted by molar-refractivity contribution is 0.0992. The van der Waals surface area contributed by atoms with Gasteiger partial charge in [-0.25, -0.2) is 4.98 Å². The van der Waals surface area contributed by atoms with Crippen molar-refractivity contribution in [1.82, 2.24) is 9.97 Å². The third-order valence-electron chi connectivity index (χ3n) is 4.61. The number of amides is 1. The van der Waals surface area contributed by atoms with E-state index in [9.17, 15) is 4.79 Å². The van der Waals surface area contributed by atoms with Crippen molar-refractivity contribution >= 4 is 33.7 Å². The summed E-state index contributed by atoms with van der Waals surface area (Å²) in [6.07, 6.45) is 0. The van der Waals surface area contributed by atoms with E-state index in [2.05, 4.69) is 21.4 Å². The predicted molar refractivity (Wildman–Crippen MR) is 111 cm³/mol. The van der Waals surface area contributed by atoms with Crippen molar-refractivity contribution in [2.75, 3.05) is 5.32 Å². The number of aromatic amines is 1. The van der Waals surface area contributed by atoms with Crippen molar-refractivity contribution < 1.29 is 13.9 Å². The largest absolute Gasteiger partial charge is 0.486 e. The molecule has 0 unspecified atom stereocenters. The molecular formula is C23H17N3O3. The molecule has 6 heteroatoms. The van der Waals surface area contributed by atoms with E-state index in [1.807, 2.05) is 60.7 Å². The highest BCUT2D eigenvalue weighted by Gasteiger charge is 2.14. The maximum atomic E-state index is 12.4. The smallest absolute Gasteiger partial charge is 0.293 e. The number of hydrogen-bond acceptors (Lipinski definition) is 4. The van der Waals surface area contributed by atoms with Gasteiger partial charge < -0.3 is 14.1 Å². The fourth-order valence-electron chi connectivity index (χ4n) is 3.17. The minimum absolute atomic E-state index is 0.197. The molecule has 0 saturated carbocycles. The molecule has 0 saturated heterocycles. The fourth-order valence-corrected chi connectivity index (χ4v) is 3.17. The topological polar surface area (TPSA) is 80.2 Å². The van der Waals surface area contributed by atoms with Crippen molar-refractivity contribution in [3.8, 4) is 5.75 Å². The average Bonchev–Trinajstić information content (AvgIpc) is 3.38. The Morgan fingerprint density at radius 1 is 0.966 bits per heavy atom. The maximum absolute atomic E-state index is 12.4. The number of H-pyrrole nitrogens is 1. The standard InChI is InChI=1S/C23H17N3O3/c27-22(26-23-24-19-7-3-4-8-20(19)25-23)21-12-11-18(29-21)14-28-17-10-9-15-5-1-2-6-16(15)13-17/h1-13H,14H2,(H2,24,25,26,27). The Kier molecular flexibility index (Phi) is 4.22. The summed E-state index contributed by atoms with van der Waals surface area (Å²) in [5, 5.41) is 4.98. The number of carbonyl (C=O) groups excluding carboxylic acids is 1. The quantitative estimate of drug-likeness (QED) is 0.440. The molecule has 2 aromatic heterocycles. The normalized spacial score (nSPS) is 11.0. The van der Waals surface area contributed by atoms with Gasteiger partial charge in [0.1, 0.15) is 18.1 Å². The molecule has 0 bridgehead atoms. The fraction of sp³-hybridized carbons (Fsp3) is 0.0435. The molecule has 2 N–H and O–H groups in total. The molecule has 0 aliphatic rings. The zero-order valence-electron chi connectivity index (χ0n) is 15.4. The molecule has 29 heavy (non-hydrogen) atoms. The van der Waals surface area contributed by atoms with E-state index in [1.54, 1.807) is 12.1 Å². The van der Waals surface area contributed by atoms with E-state index >= 15 is 0 Å². The molecule has 3 aromatic carbocycles. The molecule has 5 aromatic rings. The summed E-state index contributed by atoms with van der Waals surface area (Å²) < 4.78 is 11.4.